The van der Waals surface area contributed by atoms with E-state index in [2.05, 4.69) is 5.32 Å². The second kappa shape index (κ2) is 6.54. The normalized spacial score (nSPS) is 12.4. The first-order valence-electron chi connectivity index (χ1n) is 6.15. The van der Waals surface area contributed by atoms with Crippen LogP contribution in [0.3, 0.4) is 0 Å². The molecule has 1 atom stereocenters. The molecule has 20 heavy (non-hydrogen) atoms. The molecule has 2 rings (SSSR count). The molecule has 0 aliphatic rings. The van der Waals surface area contributed by atoms with E-state index in [1.807, 2.05) is 0 Å². The van der Waals surface area contributed by atoms with Crippen molar-refractivity contribution in [1.29, 1.82) is 0 Å². The number of aliphatic hydroxyl groups is 1. The molecule has 5 heteroatoms. The minimum Gasteiger partial charge on any atom is -0.387 e. The lowest BCUT2D eigenvalue weighted by Gasteiger charge is -2.13. The Hall–Kier alpha value is -1.85. The monoisotopic (exact) mass is 281 g/mol. The second-order valence-corrected chi connectivity index (χ2v) is 4.41. The van der Waals surface area contributed by atoms with E-state index in [0.29, 0.717) is 5.56 Å². The quantitative estimate of drug-likeness (QED) is 0.883. The standard InChI is InChI=1S/C15H14F3NO/c16-12-4-2-1-3-11(12)8-19-9-15(20)10-5-6-13(17)14(18)7-10/h1-7,15,19-20H,8-9H2. The maximum atomic E-state index is 13.3. The molecule has 0 radical (unpaired) electrons. The maximum Gasteiger partial charge on any atom is 0.159 e. The number of halogens is 3. The number of nitrogens with one attached hydrogen (secondary N) is 1. The van der Waals surface area contributed by atoms with Crippen molar-refractivity contribution in [2.24, 2.45) is 0 Å². The zero-order chi connectivity index (χ0) is 14.5. The Balaban J connectivity index is 1.90. The Morgan fingerprint density at radius 3 is 2.40 bits per heavy atom. The highest BCUT2D eigenvalue weighted by atomic mass is 19.2. The Bertz CT molecular complexity index is 589. The minimum absolute atomic E-state index is 0.111. The molecular weight excluding hydrogens is 267 g/mol. The summed E-state index contributed by atoms with van der Waals surface area (Å²) >= 11 is 0. The van der Waals surface area contributed by atoms with E-state index in [0.717, 1.165) is 12.1 Å². The molecule has 2 nitrogen and oxygen atoms in total. The number of benzene rings is 2. The molecule has 0 heterocycles. The summed E-state index contributed by atoms with van der Waals surface area (Å²) in [6, 6.07) is 9.51. The molecule has 2 aromatic carbocycles. The number of rotatable bonds is 5. The van der Waals surface area contributed by atoms with Crippen LogP contribution in [0.4, 0.5) is 13.2 Å². The molecular formula is C15H14F3NO. The van der Waals surface area contributed by atoms with Crippen LogP contribution in [0.5, 0.6) is 0 Å². The third kappa shape index (κ3) is 3.59. The smallest absolute Gasteiger partial charge is 0.159 e. The van der Waals surface area contributed by atoms with Crippen molar-refractivity contribution in [3.63, 3.8) is 0 Å². The van der Waals surface area contributed by atoms with Gasteiger partial charge in [-0.05, 0) is 23.8 Å². The molecule has 0 aliphatic heterocycles. The first-order chi connectivity index (χ1) is 9.58. The number of aliphatic hydroxyl groups excluding tert-OH is 1. The molecule has 0 saturated heterocycles. The number of hydrogen-bond acceptors (Lipinski definition) is 2. The molecule has 0 aromatic heterocycles. The van der Waals surface area contributed by atoms with Crippen LogP contribution in [0.25, 0.3) is 0 Å². The van der Waals surface area contributed by atoms with Gasteiger partial charge in [-0.15, -0.1) is 0 Å². The molecule has 0 aliphatic carbocycles. The Morgan fingerprint density at radius 1 is 0.950 bits per heavy atom. The summed E-state index contributed by atoms with van der Waals surface area (Å²) in [6.45, 7) is 0.354. The highest BCUT2D eigenvalue weighted by Crippen LogP contribution is 2.16. The fourth-order valence-corrected chi connectivity index (χ4v) is 1.82. The van der Waals surface area contributed by atoms with Crippen LogP contribution in [-0.4, -0.2) is 11.7 Å². The first kappa shape index (κ1) is 14.6. The fraction of sp³-hybridized carbons (Fsp3) is 0.200. The molecule has 2 aromatic rings. The SMILES string of the molecule is OC(CNCc1ccccc1F)c1ccc(F)c(F)c1. The highest BCUT2D eigenvalue weighted by Gasteiger charge is 2.11. The van der Waals surface area contributed by atoms with Gasteiger partial charge in [-0.1, -0.05) is 24.3 Å². The van der Waals surface area contributed by atoms with Crippen molar-refractivity contribution in [3.05, 3.63) is 71.0 Å². The lowest BCUT2D eigenvalue weighted by molar-refractivity contribution is 0.173. The van der Waals surface area contributed by atoms with Crippen molar-refractivity contribution in [1.82, 2.24) is 5.32 Å². The third-order valence-electron chi connectivity index (χ3n) is 2.94. The van der Waals surface area contributed by atoms with Crippen molar-refractivity contribution in [3.8, 4) is 0 Å². The van der Waals surface area contributed by atoms with Gasteiger partial charge in [0.2, 0.25) is 0 Å². The number of hydrogen-bond donors (Lipinski definition) is 2. The summed E-state index contributed by atoms with van der Waals surface area (Å²) in [5.74, 6) is -2.29. The average molecular weight is 281 g/mol. The predicted octanol–water partition coefficient (Wildman–Crippen LogP) is 2.93. The van der Waals surface area contributed by atoms with Gasteiger partial charge in [0.25, 0.3) is 0 Å². The summed E-state index contributed by atoms with van der Waals surface area (Å²) in [7, 11) is 0. The molecule has 0 spiro atoms. The average Bonchev–Trinajstić information content (AvgIpc) is 2.44. The first-order valence-corrected chi connectivity index (χ1v) is 6.15. The summed E-state index contributed by atoms with van der Waals surface area (Å²) in [5.41, 5.74) is 0.745. The fourth-order valence-electron chi connectivity index (χ4n) is 1.82. The van der Waals surface area contributed by atoms with E-state index in [1.165, 1.54) is 12.1 Å². The van der Waals surface area contributed by atoms with Gasteiger partial charge in [-0.3, -0.25) is 0 Å². The van der Waals surface area contributed by atoms with Crippen LogP contribution in [0.2, 0.25) is 0 Å². The lowest BCUT2D eigenvalue weighted by atomic mass is 10.1. The van der Waals surface area contributed by atoms with Crippen LogP contribution in [0, 0.1) is 17.5 Å². The maximum absolute atomic E-state index is 13.3. The Kier molecular flexibility index (Phi) is 4.76. The van der Waals surface area contributed by atoms with Crippen molar-refractivity contribution < 1.29 is 18.3 Å². The second-order valence-electron chi connectivity index (χ2n) is 4.41. The van der Waals surface area contributed by atoms with Gasteiger partial charge in [-0.25, -0.2) is 13.2 Å². The molecule has 106 valence electrons. The zero-order valence-electron chi connectivity index (χ0n) is 10.6. The lowest BCUT2D eigenvalue weighted by Crippen LogP contribution is -2.21. The summed E-state index contributed by atoms with van der Waals surface area (Å²) in [4.78, 5) is 0. The van der Waals surface area contributed by atoms with E-state index in [9.17, 15) is 18.3 Å². The molecule has 1 unspecified atom stereocenters. The third-order valence-corrected chi connectivity index (χ3v) is 2.94. The van der Waals surface area contributed by atoms with Gasteiger partial charge < -0.3 is 10.4 Å². The van der Waals surface area contributed by atoms with Gasteiger partial charge in [-0.2, -0.15) is 0 Å². The Morgan fingerprint density at radius 2 is 1.70 bits per heavy atom. The Labute approximate surface area is 114 Å². The molecule has 0 fully saturated rings. The van der Waals surface area contributed by atoms with Gasteiger partial charge in [0.1, 0.15) is 5.82 Å². The summed E-state index contributed by atoms with van der Waals surface area (Å²) < 4.78 is 39.1. The van der Waals surface area contributed by atoms with Crippen molar-refractivity contribution in [2.45, 2.75) is 12.6 Å². The van der Waals surface area contributed by atoms with Crippen LogP contribution in [0.15, 0.2) is 42.5 Å². The molecule has 0 bridgehead atoms. The van der Waals surface area contributed by atoms with Crippen LogP contribution < -0.4 is 5.32 Å². The van der Waals surface area contributed by atoms with Crippen LogP contribution >= 0.6 is 0 Å². The van der Waals surface area contributed by atoms with Gasteiger partial charge in [0.05, 0.1) is 6.10 Å². The minimum atomic E-state index is -1.00. The van der Waals surface area contributed by atoms with E-state index in [1.54, 1.807) is 18.2 Å². The van der Waals surface area contributed by atoms with E-state index in [-0.39, 0.29) is 24.5 Å². The predicted molar refractivity (Wildman–Crippen MR) is 69.4 cm³/mol. The van der Waals surface area contributed by atoms with Crippen molar-refractivity contribution >= 4 is 0 Å². The van der Waals surface area contributed by atoms with E-state index >= 15 is 0 Å². The molecule has 2 N–H and O–H groups in total. The highest BCUT2D eigenvalue weighted by molar-refractivity contribution is 5.20. The van der Waals surface area contributed by atoms with Gasteiger partial charge in [0.15, 0.2) is 11.6 Å². The molecule has 0 amide bonds. The van der Waals surface area contributed by atoms with Gasteiger partial charge in [0, 0.05) is 18.7 Å². The van der Waals surface area contributed by atoms with E-state index < -0.39 is 17.7 Å². The van der Waals surface area contributed by atoms with Crippen LogP contribution in [-0.2, 0) is 6.54 Å². The molecule has 0 saturated carbocycles. The zero-order valence-corrected chi connectivity index (χ0v) is 10.6. The summed E-state index contributed by atoms with van der Waals surface area (Å²) in [5, 5.41) is 12.7. The van der Waals surface area contributed by atoms with E-state index in [4.69, 9.17) is 0 Å². The van der Waals surface area contributed by atoms with Crippen molar-refractivity contribution in [2.75, 3.05) is 6.54 Å². The topological polar surface area (TPSA) is 32.3 Å². The van der Waals surface area contributed by atoms with Gasteiger partial charge >= 0.3 is 0 Å². The summed E-state index contributed by atoms with van der Waals surface area (Å²) in [6.07, 6.45) is -0.989. The largest absolute Gasteiger partial charge is 0.387 e. The van der Waals surface area contributed by atoms with Crippen LogP contribution in [0.1, 0.15) is 17.2 Å².